The van der Waals surface area contributed by atoms with Gasteiger partial charge in [0.25, 0.3) is 0 Å². The number of primary amides is 1. The van der Waals surface area contributed by atoms with E-state index in [4.69, 9.17) is 11.5 Å². The molecule has 0 spiro atoms. The smallest absolute Gasteiger partial charge is 0.225 e. The van der Waals surface area contributed by atoms with Gasteiger partial charge in [-0.05, 0) is 13.0 Å². The predicted octanol–water partition coefficient (Wildman–Crippen LogP) is -0.728. The Kier molecular flexibility index (Phi) is 2.92. The zero-order valence-electron chi connectivity index (χ0n) is 7.45. The Morgan fingerprint density at radius 1 is 1.54 bits per heavy atom. The SMILES string of the molecule is Cc1cc(CN)nc(CC(N)=O)n1. The summed E-state index contributed by atoms with van der Waals surface area (Å²) in [5.74, 6) is 0.00141. The van der Waals surface area contributed by atoms with Crippen molar-refractivity contribution in [3.05, 3.63) is 23.3 Å². The fourth-order valence-electron chi connectivity index (χ4n) is 1.04. The van der Waals surface area contributed by atoms with E-state index < -0.39 is 5.91 Å². The molecule has 1 amide bonds. The van der Waals surface area contributed by atoms with Crippen molar-refractivity contribution >= 4 is 5.91 Å². The maximum atomic E-state index is 10.6. The molecule has 0 aliphatic carbocycles. The number of rotatable bonds is 3. The molecule has 13 heavy (non-hydrogen) atoms. The van der Waals surface area contributed by atoms with Gasteiger partial charge in [-0.15, -0.1) is 0 Å². The van der Waals surface area contributed by atoms with Crippen LogP contribution in [-0.4, -0.2) is 15.9 Å². The summed E-state index contributed by atoms with van der Waals surface area (Å²) < 4.78 is 0. The molecule has 0 aliphatic heterocycles. The molecule has 5 nitrogen and oxygen atoms in total. The minimum atomic E-state index is -0.437. The van der Waals surface area contributed by atoms with Gasteiger partial charge < -0.3 is 11.5 Å². The van der Waals surface area contributed by atoms with Crippen molar-refractivity contribution < 1.29 is 4.79 Å². The lowest BCUT2D eigenvalue weighted by Crippen LogP contribution is -2.17. The molecular weight excluding hydrogens is 168 g/mol. The molecule has 0 saturated heterocycles. The van der Waals surface area contributed by atoms with E-state index in [1.807, 2.05) is 6.92 Å². The normalized spacial score (nSPS) is 10.0. The van der Waals surface area contributed by atoms with E-state index in [9.17, 15) is 4.79 Å². The Labute approximate surface area is 76.2 Å². The van der Waals surface area contributed by atoms with Crippen molar-refractivity contribution in [1.82, 2.24) is 9.97 Å². The van der Waals surface area contributed by atoms with Gasteiger partial charge in [0.15, 0.2) is 0 Å². The second-order valence-corrected chi connectivity index (χ2v) is 2.76. The third kappa shape index (κ3) is 2.79. The highest BCUT2D eigenvalue weighted by Gasteiger charge is 2.03. The molecule has 1 aromatic rings. The van der Waals surface area contributed by atoms with E-state index in [0.29, 0.717) is 12.4 Å². The summed E-state index contributed by atoms with van der Waals surface area (Å²) in [6, 6.07) is 1.78. The molecule has 1 aromatic heterocycles. The average molecular weight is 180 g/mol. The van der Waals surface area contributed by atoms with E-state index in [2.05, 4.69) is 9.97 Å². The van der Waals surface area contributed by atoms with Crippen molar-refractivity contribution in [2.24, 2.45) is 11.5 Å². The topological polar surface area (TPSA) is 94.9 Å². The Morgan fingerprint density at radius 2 is 2.23 bits per heavy atom. The number of carbonyl (C=O) groups is 1. The van der Waals surface area contributed by atoms with E-state index in [0.717, 1.165) is 11.4 Å². The van der Waals surface area contributed by atoms with Gasteiger partial charge >= 0.3 is 0 Å². The van der Waals surface area contributed by atoms with Crippen LogP contribution < -0.4 is 11.5 Å². The molecule has 0 aliphatic rings. The maximum absolute atomic E-state index is 10.6. The largest absolute Gasteiger partial charge is 0.369 e. The van der Waals surface area contributed by atoms with Crippen LogP contribution in [0.3, 0.4) is 0 Å². The standard InChI is InChI=1S/C8H12N4O/c1-5-2-6(4-9)12-8(11-5)3-7(10)13/h2H,3-4,9H2,1H3,(H2,10,13). The summed E-state index contributed by atoms with van der Waals surface area (Å²) in [5.41, 5.74) is 12.0. The minimum Gasteiger partial charge on any atom is -0.369 e. The highest BCUT2D eigenvalue weighted by molar-refractivity contribution is 5.75. The van der Waals surface area contributed by atoms with Gasteiger partial charge in [0.05, 0.1) is 12.1 Å². The van der Waals surface area contributed by atoms with Crippen LogP contribution in [0.4, 0.5) is 0 Å². The first-order valence-electron chi connectivity index (χ1n) is 3.93. The number of carbonyl (C=O) groups excluding carboxylic acids is 1. The van der Waals surface area contributed by atoms with E-state index >= 15 is 0 Å². The van der Waals surface area contributed by atoms with Gasteiger partial charge in [-0.2, -0.15) is 0 Å². The van der Waals surface area contributed by atoms with E-state index in [-0.39, 0.29) is 6.42 Å². The lowest BCUT2D eigenvalue weighted by molar-refractivity contribution is -0.117. The zero-order chi connectivity index (χ0) is 9.84. The Bertz CT molecular complexity index is 324. The predicted molar refractivity (Wildman–Crippen MR) is 47.6 cm³/mol. The molecule has 1 rings (SSSR count). The first-order chi connectivity index (χ1) is 6.11. The van der Waals surface area contributed by atoms with Crippen molar-refractivity contribution in [3.63, 3.8) is 0 Å². The van der Waals surface area contributed by atoms with Crippen LogP contribution in [-0.2, 0) is 17.8 Å². The molecule has 70 valence electrons. The lowest BCUT2D eigenvalue weighted by Gasteiger charge is -2.01. The fourth-order valence-corrected chi connectivity index (χ4v) is 1.04. The number of hydrogen-bond donors (Lipinski definition) is 2. The average Bonchev–Trinajstić information content (AvgIpc) is 2.01. The van der Waals surface area contributed by atoms with Crippen LogP contribution in [0.15, 0.2) is 6.07 Å². The zero-order valence-corrected chi connectivity index (χ0v) is 7.45. The monoisotopic (exact) mass is 180 g/mol. The lowest BCUT2D eigenvalue weighted by atomic mass is 10.3. The number of aryl methyl sites for hydroxylation is 1. The molecule has 4 N–H and O–H groups in total. The molecule has 0 unspecified atom stereocenters. The van der Waals surface area contributed by atoms with Crippen molar-refractivity contribution in [2.75, 3.05) is 0 Å². The molecular formula is C8H12N4O. The van der Waals surface area contributed by atoms with Gasteiger partial charge in [0, 0.05) is 12.2 Å². The molecule has 0 atom stereocenters. The van der Waals surface area contributed by atoms with Gasteiger partial charge in [-0.3, -0.25) is 4.79 Å². The van der Waals surface area contributed by atoms with Crippen LogP contribution in [0.25, 0.3) is 0 Å². The number of hydrogen-bond acceptors (Lipinski definition) is 4. The van der Waals surface area contributed by atoms with Crippen LogP contribution in [0.2, 0.25) is 0 Å². The van der Waals surface area contributed by atoms with Gasteiger partial charge in [-0.25, -0.2) is 9.97 Å². The molecule has 0 radical (unpaired) electrons. The van der Waals surface area contributed by atoms with Crippen LogP contribution in [0.5, 0.6) is 0 Å². The summed E-state index contributed by atoms with van der Waals surface area (Å²) in [5, 5.41) is 0. The molecule has 0 bridgehead atoms. The summed E-state index contributed by atoms with van der Waals surface area (Å²) in [7, 11) is 0. The first-order valence-corrected chi connectivity index (χ1v) is 3.93. The Hall–Kier alpha value is -1.49. The third-order valence-electron chi connectivity index (χ3n) is 1.50. The van der Waals surface area contributed by atoms with Gasteiger partial charge in [0.2, 0.25) is 5.91 Å². The molecule has 5 heteroatoms. The van der Waals surface area contributed by atoms with E-state index in [1.54, 1.807) is 6.07 Å². The molecule has 0 fully saturated rings. The number of nitrogens with zero attached hydrogens (tertiary/aromatic N) is 2. The van der Waals surface area contributed by atoms with Crippen molar-refractivity contribution in [1.29, 1.82) is 0 Å². The van der Waals surface area contributed by atoms with Crippen molar-refractivity contribution in [3.8, 4) is 0 Å². The summed E-state index contributed by atoms with van der Waals surface area (Å²) in [6.45, 7) is 2.17. The first kappa shape index (κ1) is 9.60. The maximum Gasteiger partial charge on any atom is 0.225 e. The molecule has 1 heterocycles. The Balaban J connectivity index is 2.94. The minimum absolute atomic E-state index is 0.0642. The quantitative estimate of drug-likeness (QED) is 0.641. The van der Waals surface area contributed by atoms with Gasteiger partial charge in [-0.1, -0.05) is 0 Å². The van der Waals surface area contributed by atoms with Crippen molar-refractivity contribution in [2.45, 2.75) is 19.9 Å². The summed E-state index contributed by atoms with van der Waals surface area (Å²) in [4.78, 5) is 18.7. The van der Waals surface area contributed by atoms with Crippen LogP contribution in [0.1, 0.15) is 17.2 Å². The number of nitrogens with two attached hydrogens (primary N) is 2. The number of amides is 1. The number of aromatic nitrogens is 2. The van der Waals surface area contributed by atoms with Crippen LogP contribution in [0, 0.1) is 6.92 Å². The van der Waals surface area contributed by atoms with Crippen LogP contribution >= 0.6 is 0 Å². The van der Waals surface area contributed by atoms with Gasteiger partial charge in [0.1, 0.15) is 5.82 Å². The van der Waals surface area contributed by atoms with E-state index in [1.165, 1.54) is 0 Å². The Morgan fingerprint density at radius 3 is 2.77 bits per heavy atom. The highest BCUT2D eigenvalue weighted by atomic mass is 16.1. The second kappa shape index (κ2) is 3.95. The third-order valence-corrected chi connectivity index (χ3v) is 1.50. The molecule has 0 saturated carbocycles. The second-order valence-electron chi connectivity index (χ2n) is 2.76. The highest BCUT2D eigenvalue weighted by Crippen LogP contribution is 2.00. The fraction of sp³-hybridized carbons (Fsp3) is 0.375. The summed E-state index contributed by atoms with van der Waals surface area (Å²) in [6.07, 6.45) is 0.0642. The summed E-state index contributed by atoms with van der Waals surface area (Å²) >= 11 is 0. The molecule has 0 aromatic carbocycles.